The SMILES string of the molecule is CNC(=O)c1cc(Cl)c(OCC(=O)O)cc1OC[C@H](O)CN1C[C@@H](Oc2ccc(Cl)cc2)CO1. The van der Waals surface area contributed by atoms with Gasteiger partial charge in [-0.05, 0) is 30.3 Å². The Hall–Kier alpha value is -2.76. The van der Waals surface area contributed by atoms with Crippen LogP contribution in [0.1, 0.15) is 10.4 Å². The van der Waals surface area contributed by atoms with Crippen LogP contribution in [0.2, 0.25) is 10.0 Å². The van der Waals surface area contributed by atoms with Gasteiger partial charge in [0.25, 0.3) is 5.91 Å². The molecule has 1 aliphatic rings. The van der Waals surface area contributed by atoms with Gasteiger partial charge in [-0.25, -0.2) is 4.79 Å². The molecule has 0 aromatic heterocycles. The fourth-order valence-electron chi connectivity index (χ4n) is 3.12. The van der Waals surface area contributed by atoms with Crippen LogP contribution in [-0.2, 0) is 9.63 Å². The number of ether oxygens (including phenoxy) is 3. The molecular weight excluding hydrogens is 491 g/mol. The zero-order valence-electron chi connectivity index (χ0n) is 18.2. The molecule has 3 N–H and O–H groups in total. The zero-order valence-corrected chi connectivity index (χ0v) is 19.7. The van der Waals surface area contributed by atoms with Crippen molar-refractivity contribution in [3.63, 3.8) is 0 Å². The fourth-order valence-corrected chi connectivity index (χ4v) is 3.46. The number of amides is 1. The molecule has 2 aromatic carbocycles. The van der Waals surface area contributed by atoms with Crippen molar-refractivity contribution < 1.29 is 38.9 Å². The third kappa shape index (κ3) is 7.37. The lowest BCUT2D eigenvalue weighted by Gasteiger charge is -2.20. The third-order valence-corrected chi connectivity index (χ3v) is 5.22. The van der Waals surface area contributed by atoms with E-state index in [9.17, 15) is 14.7 Å². The maximum atomic E-state index is 12.2. The Labute approximate surface area is 205 Å². The number of aliphatic carboxylic acids is 1. The molecule has 1 fully saturated rings. The number of carboxylic acids is 1. The lowest BCUT2D eigenvalue weighted by molar-refractivity contribution is -0.139. The number of rotatable bonds is 11. The van der Waals surface area contributed by atoms with E-state index >= 15 is 0 Å². The molecule has 34 heavy (non-hydrogen) atoms. The van der Waals surface area contributed by atoms with Gasteiger partial charge in [-0.3, -0.25) is 9.63 Å². The number of carboxylic acid groups (broad SMARTS) is 1. The van der Waals surface area contributed by atoms with E-state index < -0.39 is 24.6 Å². The molecule has 1 heterocycles. The van der Waals surface area contributed by atoms with Gasteiger partial charge in [-0.15, -0.1) is 0 Å². The highest BCUT2D eigenvalue weighted by Crippen LogP contribution is 2.33. The number of benzene rings is 2. The number of β-amino-alcohol motifs (C(OH)–C–C–N with tert-alkyl or cyclic N) is 1. The van der Waals surface area contributed by atoms with Gasteiger partial charge in [0.1, 0.15) is 42.7 Å². The standard InChI is InChI=1S/C22H24Cl2N2O8/c1-25-22(30)17-6-18(24)20(32-12-21(28)29)7-19(17)31-10-14(27)8-26-9-16(11-33-26)34-15-4-2-13(23)3-5-15/h2-7,14,16,27H,8-12H2,1H3,(H,25,30)(H,28,29)/t14-,16-/m1/s1. The van der Waals surface area contributed by atoms with Crippen molar-refractivity contribution in [2.75, 3.05) is 40.0 Å². The van der Waals surface area contributed by atoms with Crippen LogP contribution in [-0.4, -0.2) is 79.3 Å². The van der Waals surface area contributed by atoms with E-state index in [1.807, 2.05) is 0 Å². The van der Waals surface area contributed by atoms with Crippen LogP contribution in [0, 0.1) is 0 Å². The summed E-state index contributed by atoms with van der Waals surface area (Å²) in [5, 5.41) is 23.9. The van der Waals surface area contributed by atoms with Gasteiger partial charge in [0.05, 0.1) is 23.7 Å². The minimum atomic E-state index is -1.19. The molecule has 12 heteroatoms. The van der Waals surface area contributed by atoms with Gasteiger partial charge < -0.3 is 29.7 Å². The number of hydrogen-bond acceptors (Lipinski definition) is 8. The largest absolute Gasteiger partial charge is 0.490 e. The van der Waals surface area contributed by atoms with Gasteiger partial charge in [-0.1, -0.05) is 23.2 Å². The highest BCUT2D eigenvalue weighted by Gasteiger charge is 2.27. The highest BCUT2D eigenvalue weighted by atomic mass is 35.5. The minimum Gasteiger partial charge on any atom is -0.490 e. The van der Waals surface area contributed by atoms with E-state index in [2.05, 4.69) is 5.32 Å². The van der Waals surface area contributed by atoms with Crippen LogP contribution in [0.4, 0.5) is 0 Å². The highest BCUT2D eigenvalue weighted by molar-refractivity contribution is 6.32. The second-order valence-electron chi connectivity index (χ2n) is 7.34. The predicted octanol–water partition coefficient (Wildman–Crippen LogP) is 2.25. The number of nitrogens with one attached hydrogen (secondary N) is 1. The average Bonchev–Trinajstić information content (AvgIpc) is 3.24. The summed E-state index contributed by atoms with van der Waals surface area (Å²) in [6.45, 7) is 0.0841. The summed E-state index contributed by atoms with van der Waals surface area (Å²) in [5.74, 6) is -0.885. The van der Waals surface area contributed by atoms with Crippen LogP contribution in [0.3, 0.4) is 0 Å². The average molecular weight is 515 g/mol. The number of carbonyl (C=O) groups is 2. The number of nitrogens with zero attached hydrogens (tertiary/aromatic N) is 1. The fraction of sp³-hybridized carbons (Fsp3) is 0.364. The van der Waals surface area contributed by atoms with Crippen molar-refractivity contribution in [3.05, 3.63) is 52.0 Å². The van der Waals surface area contributed by atoms with Gasteiger partial charge in [0.2, 0.25) is 0 Å². The molecule has 0 unspecified atom stereocenters. The smallest absolute Gasteiger partial charge is 0.341 e. The topological polar surface area (TPSA) is 127 Å². The Morgan fingerprint density at radius 2 is 1.94 bits per heavy atom. The lowest BCUT2D eigenvalue weighted by Crippen LogP contribution is -2.35. The molecule has 0 aliphatic carbocycles. The molecule has 2 aromatic rings. The van der Waals surface area contributed by atoms with Crippen molar-refractivity contribution in [2.24, 2.45) is 0 Å². The van der Waals surface area contributed by atoms with Crippen LogP contribution >= 0.6 is 23.2 Å². The monoisotopic (exact) mass is 514 g/mol. The van der Waals surface area contributed by atoms with Crippen molar-refractivity contribution >= 4 is 35.1 Å². The van der Waals surface area contributed by atoms with E-state index in [-0.39, 0.29) is 41.3 Å². The number of hydroxylamine groups is 2. The third-order valence-electron chi connectivity index (χ3n) is 4.67. The number of halogens is 2. The quantitative estimate of drug-likeness (QED) is 0.413. The first kappa shape index (κ1) is 25.9. The van der Waals surface area contributed by atoms with Gasteiger partial charge in [-0.2, -0.15) is 5.06 Å². The summed E-state index contributed by atoms with van der Waals surface area (Å²) < 4.78 is 16.6. The van der Waals surface area contributed by atoms with E-state index in [1.165, 1.54) is 19.2 Å². The van der Waals surface area contributed by atoms with Crippen LogP contribution in [0.5, 0.6) is 17.2 Å². The first-order chi connectivity index (χ1) is 16.2. The molecule has 1 amide bonds. The Morgan fingerprint density at radius 1 is 1.21 bits per heavy atom. The predicted molar refractivity (Wildman–Crippen MR) is 123 cm³/mol. The number of aliphatic hydroxyl groups is 1. The normalized spacial score (nSPS) is 16.6. The molecule has 184 valence electrons. The maximum Gasteiger partial charge on any atom is 0.341 e. The maximum absolute atomic E-state index is 12.2. The first-order valence-electron chi connectivity index (χ1n) is 10.3. The van der Waals surface area contributed by atoms with Crippen LogP contribution in [0.25, 0.3) is 0 Å². The van der Waals surface area contributed by atoms with Crippen LogP contribution < -0.4 is 19.5 Å². The van der Waals surface area contributed by atoms with Crippen LogP contribution in [0.15, 0.2) is 36.4 Å². The van der Waals surface area contributed by atoms with E-state index in [4.69, 9.17) is 47.4 Å². The van der Waals surface area contributed by atoms with Crippen molar-refractivity contribution in [1.29, 1.82) is 0 Å². The summed E-state index contributed by atoms with van der Waals surface area (Å²) in [6.07, 6.45) is -1.19. The Kier molecular flexibility index (Phi) is 9.20. The molecular formula is C22H24Cl2N2O8. The second kappa shape index (κ2) is 12.1. The van der Waals surface area contributed by atoms with E-state index in [0.29, 0.717) is 23.9 Å². The summed E-state index contributed by atoms with van der Waals surface area (Å²) in [4.78, 5) is 28.5. The number of hydrogen-bond donors (Lipinski definition) is 3. The first-order valence-corrected chi connectivity index (χ1v) is 11.0. The molecule has 1 aliphatic heterocycles. The minimum absolute atomic E-state index is 0.0336. The Bertz CT molecular complexity index is 1010. The zero-order chi connectivity index (χ0) is 24.7. The summed E-state index contributed by atoms with van der Waals surface area (Å²) in [7, 11) is 1.44. The molecule has 1 saturated heterocycles. The van der Waals surface area contributed by atoms with E-state index in [0.717, 1.165) is 0 Å². The molecule has 2 atom stereocenters. The second-order valence-corrected chi connectivity index (χ2v) is 8.19. The lowest BCUT2D eigenvalue weighted by atomic mass is 10.1. The van der Waals surface area contributed by atoms with Gasteiger partial charge >= 0.3 is 5.97 Å². The number of aliphatic hydroxyl groups excluding tert-OH is 1. The van der Waals surface area contributed by atoms with Crippen molar-refractivity contribution in [3.8, 4) is 17.2 Å². The molecule has 10 nitrogen and oxygen atoms in total. The summed E-state index contributed by atoms with van der Waals surface area (Å²) in [6, 6.07) is 9.60. The Morgan fingerprint density at radius 3 is 2.62 bits per heavy atom. The molecule has 0 radical (unpaired) electrons. The molecule has 0 bridgehead atoms. The molecule has 3 rings (SSSR count). The molecule has 0 spiro atoms. The summed E-state index contributed by atoms with van der Waals surface area (Å²) >= 11 is 12.0. The number of carbonyl (C=O) groups excluding carboxylic acids is 1. The molecule has 0 saturated carbocycles. The van der Waals surface area contributed by atoms with Gasteiger partial charge in [0, 0.05) is 18.1 Å². The van der Waals surface area contributed by atoms with E-state index in [1.54, 1.807) is 29.3 Å². The van der Waals surface area contributed by atoms with Crippen molar-refractivity contribution in [1.82, 2.24) is 10.4 Å². The van der Waals surface area contributed by atoms with Gasteiger partial charge in [0.15, 0.2) is 6.61 Å². The van der Waals surface area contributed by atoms with Crippen molar-refractivity contribution in [2.45, 2.75) is 12.2 Å². The summed E-state index contributed by atoms with van der Waals surface area (Å²) in [5.41, 5.74) is 0.108. The Balaban J connectivity index is 1.56.